The van der Waals surface area contributed by atoms with E-state index in [2.05, 4.69) is 25.9 Å². The minimum atomic E-state index is -0.456. The van der Waals surface area contributed by atoms with E-state index in [0.29, 0.717) is 5.92 Å². The summed E-state index contributed by atoms with van der Waals surface area (Å²) in [7, 11) is 1.65. The Bertz CT molecular complexity index is 434. The van der Waals surface area contributed by atoms with Crippen LogP contribution in [-0.4, -0.2) is 22.0 Å². The molecule has 120 valence electrons. The average molecular weight is 294 g/mol. The molecule has 0 amide bonds. The summed E-state index contributed by atoms with van der Waals surface area (Å²) < 4.78 is 7.32. The first-order valence-electron chi connectivity index (χ1n) is 8.36. The van der Waals surface area contributed by atoms with Crippen LogP contribution in [0.5, 0.6) is 5.75 Å². The fourth-order valence-electron chi connectivity index (χ4n) is 3.57. The lowest BCUT2D eigenvalue weighted by Crippen LogP contribution is -2.24. The van der Waals surface area contributed by atoms with Crippen LogP contribution in [0.1, 0.15) is 64.7 Å². The van der Waals surface area contributed by atoms with Crippen molar-refractivity contribution in [3.63, 3.8) is 0 Å². The van der Waals surface area contributed by atoms with Crippen molar-refractivity contribution in [2.45, 2.75) is 65.5 Å². The van der Waals surface area contributed by atoms with Crippen molar-refractivity contribution in [1.82, 2.24) is 9.78 Å². The van der Waals surface area contributed by atoms with Crippen molar-refractivity contribution in [2.75, 3.05) is 7.11 Å². The minimum Gasteiger partial charge on any atom is -0.493 e. The summed E-state index contributed by atoms with van der Waals surface area (Å²) in [5, 5.41) is 15.2. The summed E-state index contributed by atoms with van der Waals surface area (Å²) in [4.78, 5) is 0. The van der Waals surface area contributed by atoms with Gasteiger partial charge in [-0.15, -0.1) is 0 Å². The van der Waals surface area contributed by atoms with Crippen LogP contribution in [0, 0.1) is 17.8 Å². The van der Waals surface area contributed by atoms with Crippen LogP contribution < -0.4 is 4.74 Å². The number of nitrogens with zero attached hydrogens (tertiary/aromatic N) is 2. The van der Waals surface area contributed by atoms with Gasteiger partial charge in [0, 0.05) is 6.54 Å². The SMILES string of the molecule is CCCn1ncc(OC)c1C(O)C1CCC(C(C)C)CC1. The maximum absolute atomic E-state index is 10.8. The first-order chi connectivity index (χ1) is 10.1. The van der Waals surface area contributed by atoms with Crippen molar-refractivity contribution < 1.29 is 9.84 Å². The third kappa shape index (κ3) is 3.60. The van der Waals surface area contributed by atoms with Crippen LogP contribution in [0.4, 0.5) is 0 Å². The lowest BCUT2D eigenvalue weighted by atomic mass is 9.74. The molecule has 0 aromatic carbocycles. The van der Waals surface area contributed by atoms with Gasteiger partial charge in [-0.2, -0.15) is 5.10 Å². The molecule has 1 atom stereocenters. The molecular weight excluding hydrogens is 264 g/mol. The van der Waals surface area contributed by atoms with Gasteiger partial charge >= 0.3 is 0 Å². The number of aliphatic hydroxyl groups excluding tert-OH is 1. The summed E-state index contributed by atoms with van der Waals surface area (Å²) in [6.07, 6.45) is 6.93. The van der Waals surface area contributed by atoms with E-state index in [-0.39, 0.29) is 0 Å². The summed E-state index contributed by atoms with van der Waals surface area (Å²) in [6.45, 7) is 7.57. The summed E-state index contributed by atoms with van der Waals surface area (Å²) in [5.41, 5.74) is 0.868. The molecule has 1 aromatic heterocycles. The van der Waals surface area contributed by atoms with Crippen LogP contribution >= 0.6 is 0 Å². The Balaban J connectivity index is 2.09. The first kappa shape index (κ1) is 16.3. The standard InChI is InChI=1S/C17H30N2O2/c1-5-10-19-16(15(21-4)11-18-19)17(20)14-8-6-13(7-9-14)12(2)3/h11-14,17,20H,5-10H2,1-4H3. The third-order valence-electron chi connectivity index (χ3n) is 4.99. The fraction of sp³-hybridized carbons (Fsp3) is 0.824. The molecule has 0 radical (unpaired) electrons. The predicted molar refractivity (Wildman–Crippen MR) is 84.3 cm³/mol. The molecule has 21 heavy (non-hydrogen) atoms. The van der Waals surface area contributed by atoms with Crippen molar-refractivity contribution in [1.29, 1.82) is 0 Å². The zero-order valence-corrected chi connectivity index (χ0v) is 13.9. The van der Waals surface area contributed by atoms with Crippen molar-refractivity contribution >= 4 is 0 Å². The van der Waals surface area contributed by atoms with E-state index in [1.165, 1.54) is 12.8 Å². The Hall–Kier alpha value is -1.03. The monoisotopic (exact) mass is 294 g/mol. The Morgan fingerprint density at radius 1 is 1.29 bits per heavy atom. The number of ether oxygens (including phenoxy) is 1. The smallest absolute Gasteiger partial charge is 0.162 e. The number of rotatable bonds is 6. The van der Waals surface area contributed by atoms with Gasteiger partial charge in [0.1, 0.15) is 11.8 Å². The molecule has 1 unspecified atom stereocenters. The lowest BCUT2D eigenvalue weighted by Gasteiger charge is -2.33. The predicted octanol–water partition coefficient (Wildman–Crippen LogP) is 3.80. The summed E-state index contributed by atoms with van der Waals surface area (Å²) >= 11 is 0. The van der Waals surface area contributed by atoms with E-state index in [1.807, 2.05) is 4.68 Å². The molecule has 0 aliphatic heterocycles. The number of hydrogen-bond acceptors (Lipinski definition) is 3. The van der Waals surface area contributed by atoms with E-state index in [1.54, 1.807) is 13.3 Å². The number of hydrogen-bond donors (Lipinski definition) is 1. The summed E-state index contributed by atoms with van der Waals surface area (Å²) in [6, 6.07) is 0. The van der Waals surface area contributed by atoms with Gasteiger partial charge in [-0.25, -0.2) is 0 Å². The maximum atomic E-state index is 10.8. The van der Waals surface area contributed by atoms with Crippen LogP contribution in [0.2, 0.25) is 0 Å². The zero-order valence-electron chi connectivity index (χ0n) is 13.9. The number of methoxy groups -OCH3 is 1. The molecule has 1 N–H and O–H groups in total. The van der Waals surface area contributed by atoms with Gasteiger partial charge in [-0.3, -0.25) is 4.68 Å². The molecule has 4 heteroatoms. The van der Waals surface area contributed by atoms with E-state index in [0.717, 1.165) is 49.1 Å². The fourth-order valence-corrected chi connectivity index (χ4v) is 3.57. The van der Waals surface area contributed by atoms with Crippen molar-refractivity contribution in [3.05, 3.63) is 11.9 Å². The van der Waals surface area contributed by atoms with Gasteiger partial charge in [0.15, 0.2) is 5.75 Å². The molecule has 1 heterocycles. The second-order valence-corrected chi connectivity index (χ2v) is 6.69. The molecule has 1 saturated carbocycles. The number of aromatic nitrogens is 2. The largest absolute Gasteiger partial charge is 0.493 e. The Kier molecular flexibility index (Phi) is 5.68. The van der Waals surface area contributed by atoms with Gasteiger partial charge in [0.25, 0.3) is 0 Å². The minimum absolute atomic E-state index is 0.334. The highest BCUT2D eigenvalue weighted by Gasteiger charge is 2.32. The molecule has 0 saturated heterocycles. The highest BCUT2D eigenvalue weighted by molar-refractivity contribution is 5.27. The number of aryl methyl sites for hydroxylation is 1. The molecule has 1 aromatic rings. The quantitative estimate of drug-likeness (QED) is 0.868. The maximum Gasteiger partial charge on any atom is 0.162 e. The molecule has 2 rings (SSSR count). The van der Waals surface area contributed by atoms with Crippen LogP contribution in [0.3, 0.4) is 0 Å². The van der Waals surface area contributed by atoms with Crippen molar-refractivity contribution in [2.24, 2.45) is 17.8 Å². The average Bonchev–Trinajstić information content (AvgIpc) is 2.90. The lowest BCUT2D eigenvalue weighted by molar-refractivity contribution is 0.0579. The molecular formula is C17H30N2O2. The molecule has 1 fully saturated rings. The Labute approximate surface area is 128 Å². The zero-order chi connectivity index (χ0) is 15.4. The Morgan fingerprint density at radius 3 is 2.43 bits per heavy atom. The van der Waals surface area contributed by atoms with Gasteiger partial charge in [-0.05, 0) is 49.9 Å². The Morgan fingerprint density at radius 2 is 1.90 bits per heavy atom. The van der Waals surface area contributed by atoms with Crippen molar-refractivity contribution in [3.8, 4) is 5.75 Å². The van der Waals surface area contributed by atoms with E-state index in [4.69, 9.17) is 4.74 Å². The highest BCUT2D eigenvalue weighted by atomic mass is 16.5. The first-order valence-corrected chi connectivity index (χ1v) is 8.36. The molecule has 0 bridgehead atoms. The molecule has 0 spiro atoms. The number of aliphatic hydroxyl groups is 1. The highest BCUT2D eigenvalue weighted by Crippen LogP contribution is 2.41. The molecule has 1 aliphatic rings. The van der Waals surface area contributed by atoms with E-state index < -0.39 is 6.10 Å². The van der Waals surface area contributed by atoms with Crippen LogP contribution in [-0.2, 0) is 6.54 Å². The summed E-state index contributed by atoms with van der Waals surface area (Å²) in [5.74, 6) is 2.63. The van der Waals surface area contributed by atoms with Gasteiger partial charge in [-0.1, -0.05) is 20.8 Å². The third-order valence-corrected chi connectivity index (χ3v) is 4.99. The second kappa shape index (κ2) is 7.30. The normalized spacial score (nSPS) is 24.3. The van der Waals surface area contributed by atoms with Gasteiger partial charge < -0.3 is 9.84 Å². The molecule has 4 nitrogen and oxygen atoms in total. The topological polar surface area (TPSA) is 47.3 Å². The van der Waals surface area contributed by atoms with E-state index >= 15 is 0 Å². The second-order valence-electron chi connectivity index (χ2n) is 6.69. The van der Waals surface area contributed by atoms with E-state index in [9.17, 15) is 5.11 Å². The van der Waals surface area contributed by atoms with Crippen LogP contribution in [0.25, 0.3) is 0 Å². The van der Waals surface area contributed by atoms with Crippen LogP contribution in [0.15, 0.2) is 6.20 Å². The van der Waals surface area contributed by atoms with Gasteiger partial charge in [0.2, 0.25) is 0 Å². The molecule has 1 aliphatic carbocycles. The van der Waals surface area contributed by atoms with Gasteiger partial charge in [0.05, 0.1) is 13.3 Å².